The molecule has 1 amide bonds. The quantitative estimate of drug-likeness (QED) is 0.841. The van der Waals surface area contributed by atoms with E-state index < -0.39 is 6.09 Å². The topological polar surface area (TPSA) is 64.3 Å². The molecule has 0 radical (unpaired) electrons. The minimum Gasteiger partial charge on any atom is -0.448 e. The minimum atomic E-state index is -0.733. The van der Waals surface area contributed by atoms with Crippen LogP contribution in [0.15, 0.2) is 30.3 Å². The molecule has 0 saturated heterocycles. The second kappa shape index (κ2) is 6.40. The fourth-order valence-corrected chi connectivity index (χ4v) is 1.85. The Labute approximate surface area is 109 Å². The molecule has 1 atom stereocenters. The first-order valence-corrected chi connectivity index (χ1v) is 6.11. The average Bonchev–Trinajstić information content (AvgIpc) is 2.25. The molecule has 0 unspecified atom stereocenters. The van der Waals surface area contributed by atoms with E-state index in [1.165, 1.54) is 5.56 Å². The van der Waals surface area contributed by atoms with Crippen molar-refractivity contribution in [2.75, 3.05) is 6.61 Å². The summed E-state index contributed by atoms with van der Waals surface area (Å²) in [7, 11) is 0. The van der Waals surface area contributed by atoms with Crippen LogP contribution in [0.25, 0.3) is 0 Å². The van der Waals surface area contributed by atoms with Crippen molar-refractivity contribution in [3.05, 3.63) is 35.9 Å². The highest BCUT2D eigenvalue weighted by atomic mass is 16.5. The van der Waals surface area contributed by atoms with Crippen LogP contribution in [-0.2, 0) is 11.2 Å². The zero-order valence-corrected chi connectivity index (χ0v) is 11.3. The van der Waals surface area contributed by atoms with Gasteiger partial charge < -0.3 is 15.8 Å². The summed E-state index contributed by atoms with van der Waals surface area (Å²) < 4.78 is 4.90. The van der Waals surface area contributed by atoms with Crippen LogP contribution in [0.4, 0.5) is 4.79 Å². The molecule has 0 aromatic heterocycles. The molecular weight excluding hydrogens is 228 g/mol. The van der Waals surface area contributed by atoms with Gasteiger partial charge in [-0.15, -0.1) is 0 Å². The van der Waals surface area contributed by atoms with Gasteiger partial charge in [0.1, 0.15) is 6.61 Å². The molecule has 0 aliphatic rings. The highest BCUT2D eigenvalue weighted by molar-refractivity contribution is 5.64. The van der Waals surface area contributed by atoms with Crippen molar-refractivity contribution in [1.29, 1.82) is 0 Å². The molecule has 4 heteroatoms. The van der Waals surface area contributed by atoms with E-state index >= 15 is 0 Å². The van der Waals surface area contributed by atoms with Crippen LogP contribution in [0.3, 0.4) is 0 Å². The minimum absolute atomic E-state index is 0.0412. The Kier molecular flexibility index (Phi) is 5.16. The van der Waals surface area contributed by atoms with E-state index in [2.05, 4.69) is 38.2 Å². The number of nitrogens with one attached hydrogen (secondary N) is 1. The SMILES string of the molecule is CC(C)(C)N[C@@H](COC(N)=O)Cc1ccccc1. The van der Waals surface area contributed by atoms with Crippen molar-refractivity contribution >= 4 is 6.09 Å². The molecule has 0 heterocycles. The molecule has 0 bridgehead atoms. The maximum Gasteiger partial charge on any atom is 0.404 e. The first-order chi connectivity index (χ1) is 8.37. The number of hydrogen-bond donors (Lipinski definition) is 2. The Morgan fingerprint density at radius 1 is 1.33 bits per heavy atom. The molecule has 4 nitrogen and oxygen atoms in total. The summed E-state index contributed by atoms with van der Waals surface area (Å²) in [6.45, 7) is 6.52. The van der Waals surface area contributed by atoms with E-state index in [1.54, 1.807) is 0 Å². The summed E-state index contributed by atoms with van der Waals surface area (Å²) in [5, 5.41) is 3.43. The zero-order chi connectivity index (χ0) is 13.6. The van der Waals surface area contributed by atoms with Crippen LogP contribution in [0, 0.1) is 0 Å². The van der Waals surface area contributed by atoms with Gasteiger partial charge in [0.05, 0.1) is 0 Å². The van der Waals surface area contributed by atoms with Gasteiger partial charge in [0.25, 0.3) is 0 Å². The van der Waals surface area contributed by atoms with Crippen molar-refractivity contribution in [2.45, 2.75) is 38.8 Å². The second-order valence-corrected chi connectivity index (χ2v) is 5.41. The second-order valence-electron chi connectivity index (χ2n) is 5.41. The third-order valence-electron chi connectivity index (χ3n) is 2.39. The van der Waals surface area contributed by atoms with Gasteiger partial charge in [-0.25, -0.2) is 4.79 Å². The number of carbonyl (C=O) groups excluding carboxylic acids is 1. The lowest BCUT2D eigenvalue weighted by atomic mass is 10.0. The Morgan fingerprint density at radius 2 is 1.94 bits per heavy atom. The third-order valence-corrected chi connectivity index (χ3v) is 2.39. The van der Waals surface area contributed by atoms with Crippen molar-refractivity contribution in [1.82, 2.24) is 5.32 Å². The van der Waals surface area contributed by atoms with E-state index in [0.717, 1.165) is 6.42 Å². The maximum absolute atomic E-state index is 10.7. The number of nitrogens with two attached hydrogens (primary N) is 1. The van der Waals surface area contributed by atoms with Crippen LogP contribution in [0.5, 0.6) is 0 Å². The summed E-state index contributed by atoms with van der Waals surface area (Å²) in [4.78, 5) is 10.7. The van der Waals surface area contributed by atoms with E-state index in [1.807, 2.05) is 18.2 Å². The lowest BCUT2D eigenvalue weighted by Crippen LogP contribution is -2.47. The molecule has 0 spiro atoms. The van der Waals surface area contributed by atoms with Gasteiger partial charge in [-0.05, 0) is 32.8 Å². The number of primary amides is 1. The number of rotatable bonds is 5. The van der Waals surface area contributed by atoms with Gasteiger partial charge in [0.15, 0.2) is 0 Å². The molecule has 1 rings (SSSR count). The highest BCUT2D eigenvalue weighted by Crippen LogP contribution is 2.08. The largest absolute Gasteiger partial charge is 0.448 e. The molecule has 1 aromatic carbocycles. The first kappa shape index (κ1) is 14.5. The predicted octanol–water partition coefficient (Wildman–Crippen LogP) is 2.08. The van der Waals surface area contributed by atoms with Crippen LogP contribution >= 0.6 is 0 Å². The van der Waals surface area contributed by atoms with Crippen molar-refractivity contribution < 1.29 is 9.53 Å². The Balaban J connectivity index is 2.62. The highest BCUT2D eigenvalue weighted by Gasteiger charge is 2.18. The standard InChI is InChI=1S/C14H22N2O2/c1-14(2,3)16-12(10-18-13(15)17)9-11-7-5-4-6-8-11/h4-8,12,16H,9-10H2,1-3H3,(H2,15,17)/t12-/m1/s1. The lowest BCUT2D eigenvalue weighted by Gasteiger charge is -2.28. The normalized spacial score (nSPS) is 13.1. The molecule has 0 saturated carbocycles. The smallest absolute Gasteiger partial charge is 0.404 e. The van der Waals surface area contributed by atoms with Crippen molar-refractivity contribution in [3.8, 4) is 0 Å². The van der Waals surface area contributed by atoms with E-state index in [9.17, 15) is 4.79 Å². The van der Waals surface area contributed by atoms with Crippen LogP contribution in [0.2, 0.25) is 0 Å². The Morgan fingerprint density at radius 3 is 2.44 bits per heavy atom. The Hall–Kier alpha value is -1.55. The Bertz CT molecular complexity index is 371. The predicted molar refractivity (Wildman–Crippen MR) is 72.4 cm³/mol. The fourth-order valence-electron chi connectivity index (χ4n) is 1.85. The van der Waals surface area contributed by atoms with Crippen LogP contribution in [-0.4, -0.2) is 24.3 Å². The molecule has 1 aromatic rings. The van der Waals surface area contributed by atoms with Gasteiger partial charge in [-0.2, -0.15) is 0 Å². The van der Waals surface area contributed by atoms with Gasteiger partial charge in [0, 0.05) is 11.6 Å². The first-order valence-electron chi connectivity index (χ1n) is 6.11. The van der Waals surface area contributed by atoms with Gasteiger partial charge in [-0.3, -0.25) is 0 Å². The summed E-state index contributed by atoms with van der Waals surface area (Å²) in [6.07, 6.45) is 0.0644. The monoisotopic (exact) mass is 250 g/mol. The number of benzene rings is 1. The van der Waals surface area contributed by atoms with Crippen molar-refractivity contribution in [3.63, 3.8) is 0 Å². The number of hydrogen-bond acceptors (Lipinski definition) is 3. The van der Waals surface area contributed by atoms with E-state index in [0.29, 0.717) is 0 Å². The molecular formula is C14H22N2O2. The van der Waals surface area contributed by atoms with Crippen LogP contribution in [0.1, 0.15) is 26.3 Å². The summed E-state index contributed by atoms with van der Waals surface area (Å²) in [5.74, 6) is 0. The summed E-state index contributed by atoms with van der Waals surface area (Å²) >= 11 is 0. The van der Waals surface area contributed by atoms with E-state index in [-0.39, 0.29) is 18.2 Å². The van der Waals surface area contributed by atoms with Gasteiger partial charge in [0.2, 0.25) is 0 Å². The molecule has 100 valence electrons. The molecule has 18 heavy (non-hydrogen) atoms. The summed E-state index contributed by atoms with van der Waals surface area (Å²) in [5.41, 5.74) is 6.17. The third kappa shape index (κ3) is 6.25. The van der Waals surface area contributed by atoms with Gasteiger partial charge in [-0.1, -0.05) is 30.3 Å². The molecule has 0 aliphatic carbocycles. The van der Waals surface area contributed by atoms with Gasteiger partial charge >= 0.3 is 6.09 Å². The summed E-state index contributed by atoms with van der Waals surface area (Å²) in [6, 6.07) is 10.1. The fraction of sp³-hybridized carbons (Fsp3) is 0.500. The van der Waals surface area contributed by atoms with Crippen molar-refractivity contribution in [2.24, 2.45) is 5.73 Å². The number of ether oxygens (including phenoxy) is 1. The van der Waals surface area contributed by atoms with E-state index in [4.69, 9.17) is 10.5 Å². The maximum atomic E-state index is 10.7. The molecule has 3 N–H and O–H groups in total. The van der Waals surface area contributed by atoms with Crippen LogP contribution < -0.4 is 11.1 Å². The number of carbonyl (C=O) groups is 1. The molecule has 0 aliphatic heterocycles. The lowest BCUT2D eigenvalue weighted by molar-refractivity contribution is 0.136. The zero-order valence-electron chi connectivity index (χ0n) is 11.3. The average molecular weight is 250 g/mol. The number of amides is 1. The molecule has 0 fully saturated rings.